The highest BCUT2D eigenvalue weighted by molar-refractivity contribution is 14.1. The molecule has 0 aromatic carbocycles. The summed E-state index contributed by atoms with van der Waals surface area (Å²) in [7, 11) is -1.10. The van der Waals surface area contributed by atoms with Gasteiger partial charge < -0.3 is 0 Å². The Kier molecular flexibility index (Phi) is 5.45. The molecule has 0 aliphatic heterocycles. The Hall–Kier alpha value is 0.507. The number of rotatable bonds is 2. The van der Waals surface area contributed by atoms with E-state index in [-0.39, 0.29) is 0 Å². The highest BCUT2D eigenvalue weighted by Gasteiger charge is 2.07. The molecule has 11 heavy (non-hydrogen) atoms. The van der Waals surface area contributed by atoms with E-state index in [0.717, 1.165) is 12.3 Å². The zero-order chi connectivity index (χ0) is 8.91. The molecule has 0 N–H and O–H groups in total. The molecule has 0 bridgehead atoms. The maximum Gasteiger partial charge on any atom is 0.129 e. The average molecular weight is 280 g/mol. The van der Waals surface area contributed by atoms with E-state index < -0.39 is 8.07 Å². The third-order valence-corrected chi connectivity index (χ3v) is 3.61. The number of hydrogen-bond donors (Lipinski definition) is 0. The fourth-order valence-electron chi connectivity index (χ4n) is 0.545. The molecule has 0 heterocycles. The molecule has 0 aliphatic carbocycles. The number of hydrogen-bond acceptors (Lipinski definition) is 0. The molecule has 0 saturated heterocycles. The van der Waals surface area contributed by atoms with Crippen LogP contribution in [0.4, 0.5) is 0 Å². The minimum atomic E-state index is -1.10. The van der Waals surface area contributed by atoms with E-state index in [4.69, 9.17) is 0 Å². The van der Waals surface area contributed by atoms with Gasteiger partial charge in [0.15, 0.2) is 0 Å². The zero-order valence-corrected chi connectivity index (χ0v) is 11.0. The Bertz CT molecular complexity index is 159. The van der Waals surface area contributed by atoms with Crippen LogP contribution in [-0.4, -0.2) is 12.5 Å². The smallest absolute Gasteiger partial charge is 0.129 e. The number of halogens is 1. The van der Waals surface area contributed by atoms with Crippen molar-refractivity contribution >= 4 is 30.7 Å². The molecule has 0 aliphatic rings. The van der Waals surface area contributed by atoms with Gasteiger partial charge in [0.1, 0.15) is 8.07 Å². The maximum atomic E-state index is 3.37. The molecule has 1 atom stereocenters. The van der Waals surface area contributed by atoms with Crippen LogP contribution in [0.5, 0.6) is 0 Å². The van der Waals surface area contributed by atoms with E-state index in [1.165, 1.54) is 4.43 Å². The molecule has 0 radical (unpaired) electrons. The van der Waals surface area contributed by atoms with Gasteiger partial charge in [-0.15, -0.1) is 11.5 Å². The summed E-state index contributed by atoms with van der Waals surface area (Å²) in [5.74, 6) is 4.05. The van der Waals surface area contributed by atoms with Gasteiger partial charge in [0.05, 0.1) is 0 Å². The van der Waals surface area contributed by atoms with E-state index in [9.17, 15) is 0 Å². The second-order valence-electron chi connectivity index (χ2n) is 4.02. The average Bonchev–Trinajstić information content (AvgIpc) is 1.85. The summed E-state index contributed by atoms with van der Waals surface area (Å²) in [6.45, 7) is 9.11. The summed E-state index contributed by atoms with van der Waals surface area (Å²) >= 11 is 2.42. The van der Waals surface area contributed by atoms with E-state index in [0.29, 0.717) is 0 Å². The van der Waals surface area contributed by atoms with Crippen LogP contribution < -0.4 is 0 Å². The van der Waals surface area contributed by atoms with Gasteiger partial charge in [-0.1, -0.05) is 49.2 Å². The molecule has 0 amide bonds. The summed E-state index contributed by atoms with van der Waals surface area (Å²) in [5, 5.41) is 0. The third kappa shape index (κ3) is 8.41. The van der Waals surface area contributed by atoms with Crippen LogP contribution in [0.25, 0.3) is 0 Å². The van der Waals surface area contributed by atoms with Crippen LogP contribution in [0.3, 0.4) is 0 Å². The van der Waals surface area contributed by atoms with Gasteiger partial charge >= 0.3 is 0 Å². The van der Waals surface area contributed by atoms with E-state index >= 15 is 0 Å². The predicted molar refractivity (Wildman–Crippen MR) is 63.8 cm³/mol. The van der Waals surface area contributed by atoms with Crippen molar-refractivity contribution in [1.29, 1.82) is 0 Å². The zero-order valence-electron chi connectivity index (χ0n) is 7.87. The first-order valence-corrected chi connectivity index (χ1v) is 9.04. The molecule has 2 heteroatoms. The molecule has 0 rings (SSSR count). The fraction of sp³-hybridized carbons (Fsp3) is 0.778. The molecule has 0 unspecified atom stereocenters. The Morgan fingerprint density at radius 2 is 1.91 bits per heavy atom. The maximum absolute atomic E-state index is 3.37. The lowest BCUT2D eigenvalue weighted by molar-refractivity contribution is 0.699. The summed E-state index contributed by atoms with van der Waals surface area (Å²) < 4.78 is 1.22. The summed E-state index contributed by atoms with van der Waals surface area (Å²) in [6.07, 6.45) is 1.08. The van der Waals surface area contributed by atoms with Crippen molar-refractivity contribution in [3.63, 3.8) is 0 Å². The lowest BCUT2D eigenvalue weighted by Crippen LogP contribution is -2.16. The van der Waals surface area contributed by atoms with Gasteiger partial charge in [-0.05, 0) is 5.92 Å². The first kappa shape index (κ1) is 11.5. The predicted octanol–water partition coefficient (Wildman–Crippen LogP) is 3.33. The molecular weight excluding hydrogens is 263 g/mol. The lowest BCUT2D eigenvalue weighted by atomic mass is 10.1. The summed E-state index contributed by atoms with van der Waals surface area (Å²) in [5.41, 5.74) is 3.37. The van der Waals surface area contributed by atoms with Gasteiger partial charge in [0.2, 0.25) is 0 Å². The summed E-state index contributed by atoms with van der Waals surface area (Å²) in [6, 6.07) is 0. The van der Waals surface area contributed by atoms with Crippen molar-refractivity contribution in [2.24, 2.45) is 5.92 Å². The first-order chi connectivity index (χ1) is 4.95. The quantitative estimate of drug-likeness (QED) is 0.315. The topological polar surface area (TPSA) is 0 Å². The second kappa shape index (κ2) is 5.21. The molecule has 0 nitrogen and oxygen atoms in total. The van der Waals surface area contributed by atoms with Crippen molar-refractivity contribution in [3.05, 3.63) is 0 Å². The Labute approximate surface area is 85.3 Å². The van der Waals surface area contributed by atoms with Gasteiger partial charge in [-0.3, -0.25) is 0 Å². The fourth-order valence-corrected chi connectivity index (χ4v) is 1.49. The Morgan fingerprint density at radius 1 is 1.36 bits per heavy atom. The van der Waals surface area contributed by atoms with E-state index in [1.807, 2.05) is 0 Å². The van der Waals surface area contributed by atoms with Crippen molar-refractivity contribution in [1.82, 2.24) is 0 Å². The molecule has 64 valence electrons. The van der Waals surface area contributed by atoms with Gasteiger partial charge in [-0.2, -0.15) is 0 Å². The van der Waals surface area contributed by atoms with Crippen molar-refractivity contribution in [2.45, 2.75) is 33.0 Å². The lowest BCUT2D eigenvalue weighted by Gasteiger charge is -2.04. The van der Waals surface area contributed by atoms with Gasteiger partial charge in [0.25, 0.3) is 0 Å². The first-order valence-electron chi connectivity index (χ1n) is 4.01. The van der Waals surface area contributed by atoms with Crippen LogP contribution in [0.1, 0.15) is 13.3 Å². The van der Waals surface area contributed by atoms with Crippen molar-refractivity contribution in [3.8, 4) is 11.5 Å². The molecular formula is C9H17ISi. The molecule has 0 aromatic heterocycles. The second-order valence-corrected chi connectivity index (χ2v) is 9.65. The molecule has 0 spiro atoms. The van der Waals surface area contributed by atoms with Crippen molar-refractivity contribution < 1.29 is 0 Å². The van der Waals surface area contributed by atoms with Gasteiger partial charge in [-0.25, -0.2) is 0 Å². The van der Waals surface area contributed by atoms with Crippen LogP contribution in [0.15, 0.2) is 0 Å². The minimum Gasteiger partial charge on any atom is -0.132 e. The minimum absolute atomic E-state index is 0.763. The van der Waals surface area contributed by atoms with E-state index in [1.54, 1.807) is 0 Å². The third-order valence-electron chi connectivity index (χ3n) is 1.18. The molecule has 0 aromatic rings. The summed E-state index contributed by atoms with van der Waals surface area (Å²) in [4.78, 5) is 0. The van der Waals surface area contributed by atoms with Crippen LogP contribution in [0.2, 0.25) is 19.6 Å². The highest BCUT2D eigenvalue weighted by Crippen LogP contribution is 2.05. The largest absolute Gasteiger partial charge is 0.132 e. The van der Waals surface area contributed by atoms with Crippen LogP contribution >= 0.6 is 22.6 Å². The van der Waals surface area contributed by atoms with Crippen molar-refractivity contribution in [2.75, 3.05) is 4.43 Å². The highest BCUT2D eigenvalue weighted by atomic mass is 127. The normalized spacial score (nSPS) is 13.5. The van der Waals surface area contributed by atoms with Crippen LogP contribution in [-0.2, 0) is 0 Å². The SMILES string of the molecule is C[C@@H](CI)CC#C[Si](C)(C)C. The van der Waals surface area contributed by atoms with Crippen LogP contribution in [0, 0.1) is 17.4 Å². The molecule has 0 fully saturated rings. The molecule has 0 saturated carbocycles. The van der Waals surface area contributed by atoms with E-state index in [2.05, 4.69) is 60.6 Å². The Morgan fingerprint density at radius 3 is 2.27 bits per heavy atom. The standard InChI is InChI=1S/C9H17ISi/c1-9(8-10)6-5-7-11(2,3)4/h9H,6,8H2,1-4H3/t9-/m1/s1. The number of alkyl halides is 1. The Balaban J connectivity index is 3.73. The van der Waals surface area contributed by atoms with Gasteiger partial charge in [0, 0.05) is 10.8 Å². The monoisotopic (exact) mass is 280 g/mol.